The fraction of sp³-hybridized carbons (Fsp3) is 0.444. The number of hydrogen-bond donors (Lipinski definition) is 0. The third kappa shape index (κ3) is 2.86. The molecule has 0 saturated heterocycles. The van der Waals surface area contributed by atoms with Crippen LogP contribution < -0.4 is 4.74 Å². The summed E-state index contributed by atoms with van der Waals surface area (Å²) in [4.78, 5) is 3.85. The number of rotatable bonds is 1. The number of nitrogens with zero attached hydrogens (tertiary/aromatic N) is 1. The molecular formula is C9H14FNO. The van der Waals surface area contributed by atoms with E-state index in [0.29, 0.717) is 5.69 Å². The van der Waals surface area contributed by atoms with Crippen molar-refractivity contribution in [1.82, 2.24) is 4.98 Å². The van der Waals surface area contributed by atoms with Crippen molar-refractivity contribution < 1.29 is 9.13 Å². The highest BCUT2D eigenvalue weighted by molar-refractivity contribution is 5.21. The van der Waals surface area contributed by atoms with Gasteiger partial charge in [0.2, 0.25) is 0 Å². The van der Waals surface area contributed by atoms with E-state index in [-0.39, 0.29) is 11.6 Å². The summed E-state index contributed by atoms with van der Waals surface area (Å²) in [5.41, 5.74) is 0.651. The van der Waals surface area contributed by atoms with Crippen LogP contribution in [0.4, 0.5) is 4.39 Å². The van der Waals surface area contributed by atoms with Crippen LogP contribution >= 0.6 is 0 Å². The van der Waals surface area contributed by atoms with Gasteiger partial charge in [0.15, 0.2) is 11.6 Å². The van der Waals surface area contributed by atoms with E-state index in [1.54, 1.807) is 6.92 Å². The van der Waals surface area contributed by atoms with Crippen LogP contribution in [0.1, 0.15) is 19.5 Å². The van der Waals surface area contributed by atoms with Gasteiger partial charge in [0.05, 0.1) is 13.3 Å². The van der Waals surface area contributed by atoms with Gasteiger partial charge in [-0.2, -0.15) is 0 Å². The maximum Gasteiger partial charge on any atom is 0.172 e. The van der Waals surface area contributed by atoms with E-state index < -0.39 is 0 Å². The van der Waals surface area contributed by atoms with Gasteiger partial charge in [-0.1, -0.05) is 13.8 Å². The SMILES string of the molecule is CC.COc1cnc(C)cc1F. The van der Waals surface area contributed by atoms with Gasteiger partial charge < -0.3 is 4.74 Å². The van der Waals surface area contributed by atoms with Crippen LogP contribution in [-0.2, 0) is 0 Å². The van der Waals surface area contributed by atoms with Crippen molar-refractivity contribution in [2.24, 2.45) is 0 Å². The van der Waals surface area contributed by atoms with E-state index in [1.807, 2.05) is 13.8 Å². The Morgan fingerprint density at radius 2 is 2.00 bits per heavy atom. The van der Waals surface area contributed by atoms with Crippen molar-refractivity contribution in [3.8, 4) is 5.75 Å². The lowest BCUT2D eigenvalue weighted by Crippen LogP contribution is -1.90. The van der Waals surface area contributed by atoms with Crippen molar-refractivity contribution in [3.05, 3.63) is 23.8 Å². The number of aromatic nitrogens is 1. The maximum atomic E-state index is 12.7. The minimum Gasteiger partial charge on any atom is -0.492 e. The zero-order valence-corrected chi connectivity index (χ0v) is 7.89. The molecule has 0 aliphatic rings. The molecule has 0 aliphatic carbocycles. The van der Waals surface area contributed by atoms with Crippen molar-refractivity contribution in [3.63, 3.8) is 0 Å². The van der Waals surface area contributed by atoms with Crippen molar-refractivity contribution in [2.75, 3.05) is 7.11 Å². The molecule has 1 aromatic rings. The molecule has 68 valence electrons. The Balaban J connectivity index is 0.000000561. The molecule has 1 aromatic heterocycles. The van der Waals surface area contributed by atoms with E-state index >= 15 is 0 Å². The lowest BCUT2D eigenvalue weighted by Gasteiger charge is -1.99. The lowest BCUT2D eigenvalue weighted by molar-refractivity contribution is 0.384. The molecule has 0 unspecified atom stereocenters. The Morgan fingerprint density at radius 3 is 2.42 bits per heavy atom. The molecule has 0 N–H and O–H groups in total. The molecule has 3 heteroatoms. The average Bonchev–Trinajstić information content (AvgIpc) is 2.08. The predicted octanol–water partition coefficient (Wildman–Crippen LogP) is 2.56. The van der Waals surface area contributed by atoms with Crippen LogP contribution in [-0.4, -0.2) is 12.1 Å². The van der Waals surface area contributed by atoms with E-state index in [4.69, 9.17) is 0 Å². The van der Waals surface area contributed by atoms with Crippen LogP contribution in [0.2, 0.25) is 0 Å². The molecule has 1 heterocycles. The van der Waals surface area contributed by atoms with Gasteiger partial charge in [-0.15, -0.1) is 0 Å². The molecule has 0 bridgehead atoms. The zero-order valence-electron chi connectivity index (χ0n) is 7.89. The first-order valence-corrected chi connectivity index (χ1v) is 3.90. The third-order valence-electron chi connectivity index (χ3n) is 1.18. The summed E-state index contributed by atoms with van der Waals surface area (Å²) in [6, 6.07) is 1.33. The van der Waals surface area contributed by atoms with E-state index in [1.165, 1.54) is 19.4 Å². The highest BCUT2D eigenvalue weighted by Gasteiger charge is 2.00. The van der Waals surface area contributed by atoms with Gasteiger partial charge >= 0.3 is 0 Å². The summed E-state index contributed by atoms with van der Waals surface area (Å²) in [6.07, 6.45) is 1.37. The molecule has 0 saturated carbocycles. The van der Waals surface area contributed by atoms with Crippen LogP contribution in [0.5, 0.6) is 5.75 Å². The Hall–Kier alpha value is -1.12. The number of methoxy groups -OCH3 is 1. The molecule has 0 radical (unpaired) electrons. The Kier molecular flexibility index (Phi) is 5.00. The second kappa shape index (κ2) is 5.52. The summed E-state index contributed by atoms with van der Waals surface area (Å²) >= 11 is 0. The quantitative estimate of drug-likeness (QED) is 0.647. The number of ether oxygens (including phenoxy) is 1. The van der Waals surface area contributed by atoms with Crippen LogP contribution in [0, 0.1) is 12.7 Å². The lowest BCUT2D eigenvalue weighted by atomic mass is 10.3. The number of hydrogen-bond acceptors (Lipinski definition) is 2. The van der Waals surface area contributed by atoms with Gasteiger partial charge in [0.1, 0.15) is 0 Å². The van der Waals surface area contributed by atoms with Gasteiger partial charge in [0.25, 0.3) is 0 Å². The van der Waals surface area contributed by atoms with Crippen molar-refractivity contribution in [1.29, 1.82) is 0 Å². The fourth-order valence-corrected chi connectivity index (χ4v) is 0.664. The fourth-order valence-electron chi connectivity index (χ4n) is 0.664. The van der Waals surface area contributed by atoms with Gasteiger partial charge in [-0.05, 0) is 13.0 Å². The molecular weight excluding hydrogens is 157 g/mol. The van der Waals surface area contributed by atoms with E-state index in [0.717, 1.165) is 0 Å². The molecule has 2 nitrogen and oxygen atoms in total. The summed E-state index contributed by atoms with van der Waals surface area (Å²) in [6.45, 7) is 5.72. The number of aryl methyl sites for hydroxylation is 1. The molecule has 0 fully saturated rings. The third-order valence-corrected chi connectivity index (χ3v) is 1.18. The van der Waals surface area contributed by atoms with Crippen LogP contribution in [0.3, 0.4) is 0 Å². The summed E-state index contributed by atoms with van der Waals surface area (Å²) < 4.78 is 17.3. The second-order valence-electron chi connectivity index (χ2n) is 1.96. The normalized spacial score (nSPS) is 8.42. The molecule has 12 heavy (non-hydrogen) atoms. The van der Waals surface area contributed by atoms with E-state index in [2.05, 4.69) is 9.72 Å². The Labute approximate surface area is 72.4 Å². The smallest absolute Gasteiger partial charge is 0.172 e. The van der Waals surface area contributed by atoms with Gasteiger partial charge in [-0.25, -0.2) is 4.39 Å². The van der Waals surface area contributed by atoms with E-state index in [9.17, 15) is 4.39 Å². The monoisotopic (exact) mass is 171 g/mol. The topological polar surface area (TPSA) is 22.1 Å². The molecule has 1 rings (SSSR count). The minimum absolute atomic E-state index is 0.186. The van der Waals surface area contributed by atoms with Crippen LogP contribution in [0.25, 0.3) is 0 Å². The maximum absolute atomic E-state index is 12.7. The first-order valence-electron chi connectivity index (χ1n) is 3.90. The number of pyridine rings is 1. The molecule has 0 atom stereocenters. The molecule has 0 spiro atoms. The Bertz CT molecular complexity index is 238. The van der Waals surface area contributed by atoms with Crippen LogP contribution in [0.15, 0.2) is 12.3 Å². The van der Waals surface area contributed by atoms with Gasteiger partial charge in [-0.3, -0.25) is 4.98 Å². The largest absolute Gasteiger partial charge is 0.492 e. The highest BCUT2D eigenvalue weighted by Crippen LogP contribution is 2.14. The first kappa shape index (κ1) is 10.9. The predicted molar refractivity (Wildman–Crippen MR) is 46.8 cm³/mol. The highest BCUT2D eigenvalue weighted by atomic mass is 19.1. The molecule has 0 aromatic carbocycles. The Morgan fingerprint density at radius 1 is 1.42 bits per heavy atom. The second-order valence-corrected chi connectivity index (χ2v) is 1.96. The number of halogens is 1. The first-order chi connectivity index (χ1) is 5.74. The average molecular weight is 171 g/mol. The molecule has 0 amide bonds. The minimum atomic E-state index is -0.366. The zero-order chi connectivity index (χ0) is 9.56. The standard InChI is InChI=1S/C7H8FNO.C2H6/c1-5-3-6(8)7(10-2)4-9-5;1-2/h3-4H,1-2H3;1-2H3. The van der Waals surface area contributed by atoms with Crippen molar-refractivity contribution in [2.45, 2.75) is 20.8 Å². The summed E-state index contributed by atoms with van der Waals surface area (Å²) in [5, 5.41) is 0. The van der Waals surface area contributed by atoms with Crippen molar-refractivity contribution >= 4 is 0 Å². The summed E-state index contributed by atoms with van der Waals surface area (Å²) in [5.74, 6) is -0.180. The summed E-state index contributed by atoms with van der Waals surface area (Å²) in [7, 11) is 1.41. The molecule has 0 aliphatic heterocycles. The van der Waals surface area contributed by atoms with Gasteiger partial charge in [0, 0.05) is 5.69 Å².